The highest BCUT2D eigenvalue weighted by molar-refractivity contribution is 7.89. The van der Waals surface area contributed by atoms with Gasteiger partial charge in [-0.2, -0.15) is 0 Å². The Morgan fingerprint density at radius 1 is 1.50 bits per heavy atom. The van der Waals surface area contributed by atoms with Crippen LogP contribution in [0.5, 0.6) is 0 Å². The highest BCUT2D eigenvalue weighted by Gasteiger charge is 2.20. The fraction of sp³-hybridized carbons (Fsp3) is 0.417. The maximum absolute atomic E-state index is 13.3. The molecule has 0 aliphatic carbocycles. The van der Waals surface area contributed by atoms with Crippen LogP contribution < -0.4 is 5.14 Å². The van der Waals surface area contributed by atoms with Gasteiger partial charge in [0.05, 0.1) is 18.8 Å². The Hall–Kier alpha value is -1.51. The van der Waals surface area contributed by atoms with Crippen LogP contribution in [-0.2, 0) is 19.5 Å². The molecular weight excluding hydrogens is 289 g/mol. The molecule has 1 aromatic rings. The van der Waals surface area contributed by atoms with Crippen molar-refractivity contribution in [2.75, 3.05) is 19.8 Å². The molecule has 1 atom stereocenters. The second-order valence-corrected chi connectivity index (χ2v) is 6.05. The first-order chi connectivity index (χ1) is 9.38. The molecule has 1 aliphatic rings. The minimum absolute atomic E-state index is 0.0608. The van der Waals surface area contributed by atoms with Crippen LogP contribution in [-0.4, -0.2) is 34.2 Å². The molecule has 1 aromatic carbocycles. The van der Waals surface area contributed by atoms with Crippen LogP contribution in [0.15, 0.2) is 23.1 Å². The molecule has 2 N–H and O–H groups in total. The number of hydrogen-bond donors (Lipinski definition) is 1. The molecule has 1 saturated heterocycles. The number of primary sulfonamides is 1. The van der Waals surface area contributed by atoms with Crippen molar-refractivity contribution < 1.29 is 27.1 Å². The molecule has 6 nitrogen and oxygen atoms in total. The number of carbonyl (C=O) groups excluding carboxylic acids is 1. The Labute approximate surface area is 115 Å². The fourth-order valence-electron chi connectivity index (χ4n) is 1.84. The molecule has 1 aliphatic heterocycles. The zero-order chi connectivity index (χ0) is 14.8. The average Bonchev–Trinajstić information content (AvgIpc) is 2.88. The molecule has 2 rings (SSSR count). The number of sulfonamides is 1. The minimum atomic E-state index is -4.22. The molecule has 8 heteroatoms. The highest BCUT2D eigenvalue weighted by atomic mass is 32.2. The molecule has 0 radical (unpaired) electrons. The maximum Gasteiger partial charge on any atom is 0.338 e. The lowest BCUT2D eigenvalue weighted by atomic mass is 10.1. The zero-order valence-electron chi connectivity index (χ0n) is 10.5. The van der Waals surface area contributed by atoms with Gasteiger partial charge < -0.3 is 9.47 Å². The molecule has 20 heavy (non-hydrogen) atoms. The number of hydrogen-bond acceptors (Lipinski definition) is 5. The van der Waals surface area contributed by atoms with Gasteiger partial charge in [-0.05, 0) is 24.6 Å². The molecular formula is C12H14FNO5S. The van der Waals surface area contributed by atoms with Crippen molar-refractivity contribution in [3.8, 4) is 0 Å². The molecule has 0 saturated carbocycles. The van der Waals surface area contributed by atoms with Gasteiger partial charge in [0.25, 0.3) is 0 Å². The summed E-state index contributed by atoms with van der Waals surface area (Å²) in [6.45, 7) is 1.34. The Morgan fingerprint density at radius 2 is 2.25 bits per heavy atom. The molecule has 1 fully saturated rings. The van der Waals surface area contributed by atoms with Crippen molar-refractivity contribution in [2.24, 2.45) is 11.1 Å². The minimum Gasteiger partial charge on any atom is -0.462 e. The third-order valence-corrected chi connectivity index (χ3v) is 3.87. The topological polar surface area (TPSA) is 95.7 Å². The van der Waals surface area contributed by atoms with Gasteiger partial charge >= 0.3 is 5.97 Å². The third kappa shape index (κ3) is 3.53. The second-order valence-electron chi connectivity index (χ2n) is 4.52. The summed E-state index contributed by atoms with van der Waals surface area (Å²) >= 11 is 0. The van der Waals surface area contributed by atoms with E-state index in [2.05, 4.69) is 0 Å². The largest absolute Gasteiger partial charge is 0.462 e. The molecule has 0 spiro atoms. The molecule has 110 valence electrons. The SMILES string of the molecule is NS(=O)(=O)c1cc(C(=O)OCC2CCOC2)ccc1F. The van der Waals surface area contributed by atoms with E-state index in [1.807, 2.05) is 0 Å². The van der Waals surface area contributed by atoms with E-state index in [-0.39, 0.29) is 18.1 Å². The molecule has 1 heterocycles. The Morgan fingerprint density at radius 3 is 2.85 bits per heavy atom. The summed E-state index contributed by atoms with van der Waals surface area (Å²) in [6, 6.07) is 2.89. The fourth-order valence-corrected chi connectivity index (χ4v) is 2.47. The first kappa shape index (κ1) is 14.9. The summed E-state index contributed by atoms with van der Waals surface area (Å²) in [5.41, 5.74) is -0.0608. The van der Waals surface area contributed by atoms with E-state index in [1.165, 1.54) is 0 Å². The number of halogens is 1. The van der Waals surface area contributed by atoms with E-state index in [0.29, 0.717) is 13.2 Å². The predicted molar refractivity (Wildman–Crippen MR) is 67.0 cm³/mol. The molecule has 0 bridgehead atoms. The quantitative estimate of drug-likeness (QED) is 0.825. The summed E-state index contributed by atoms with van der Waals surface area (Å²) in [6.07, 6.45) is 0.805. The number of carbonyl (C=O) groups is 1. The summed E-state index contributed by atoms with van der Waals surface area (Å²) in [5.74, 6) is -1.59. The van der Waals surface area contributed by atoms with Crippen molar-refractivity contribution in [1.82, 2.24) is 0 Å². The van der Waals surface area contributed by atoms with Crippen LogP contribution in [0.3, 0.4) is 0 Å². The second kappa shape index (κ2) is 5.86. The van der Waals surface area contributed by atoms with Gasteiger partial charge in [-0.15, -0.1) is 0 Å². The monoisotopic (exact) mass is 303 g/mol. The summed E-state index contributed by atoms with van der Waals surface area (Å²) in [4.78, 5) is 11.0. The lowest BCUT2D eigenvalue weighted by Gasteiger charge is -2.09. The molecule has 0 amide bonds. The number of nitrogens with two attached hydrogens (primary N) is 1. The number of ether oxygens (including phenoxy) is 2. The summed E-state index contributed by atoms with van der Waals surface area (Å²) < 4.78 is 45.8. The predicted octanol–water partition coefficient (Wildman–Crippen LogP) is 0.666. The van der Waals surface area contributed by atoms with E-state index >= 15 is 0 Å². The Kier molecular flexibility index (Phi) is 4.36. The van der Waals surface area contributed by atoms with Gasteiger partial charge in [0, 0.05) is 12.5 Å². The third-order valence-electron chi connectivity index (χ3n) is 2.95. The van der Waals surface area contributed by atoms with Crippen molar-refractivity contribution in [1.29, 1.82) is 0 Å². The molecule has 0 aromatic heterocycles. The average molecular weight is 303 g/mol. The van der Waals surface area contributed by atoms with Crippen LogP contribution in [0.2, 0.25) is 0 Å². The zero-order valence-corrected chi connectivity index (χ0v) is 11.4. The van der Waals surface area contributed by atoms with Crippen molar-refractivity contribution in [3.63, 3.8) is 0 Å². The lowest BCUT2D eigenvalue weighted by Crippen LogP contribution is -2.17. The summed E-state index contributed by atoms with van der Waals surface area (Å²) in [5, 5.41) is 4.86. The smallest absolute Gasteiger partial charge is 0.338 e. The van der Waals surface area contributed by atoms with Crippen molar-refractivity contribution in [2.45, 2.75) is 11.3 Å². The standard InChI is InChI=1S/C12H14FNO5S/c13-10-2-1-9(5-11(10)20(14,16)17)12(15)19-7-8-3-4-18-6-8/h1-2,5,8H,3-4,6-7H2,(H2,14,16,17). The van der Waals surface area contributed by atoms with Gasteiger partial charge in [-0.3, -0.25) is 0 Å². The van der Waals surface area contributed by atoms with E-state index in [0.717, 1.165) is 24.6 Å². The van der Waals surface area contributed by atoms with Crippen LogP contribution in [0, 0.1) is 11.7 Å². The number of benzene rings is 1. The highest BCUT2D eigenvalue weighted by Crippen LogP contribution is 2.17. The van der Waals surface area contributed by atoms with Crippen molar-refractivity contribution >= 4 is 16.0 Å². The van der Waals surface area contributed by atoms with E-state index in [9.17, 15) is 17.6 Å². The van der Waals surface area contributed by atoms with Crippen LogP contribution in [0.25, 0.3) is 0 Å². The summed E-state index contributed by atoms with van der Waals surface area (Å²) in [7, 11) is -4.22. The van der Waals surface area contributed by atoms with Gasteiger partial charge in [-0.1, -0.05) is 0 Å². The van der Waals surface area contributed by atoms with Gasteiger partial charge in [0.2, 0.25) is 10.0 Å². The Balaban J connectivity index is 2.10. The van der Waals surface area contributed by atoms with Gasteiger partial charge in [-0.25, -0.2) is 22.7 Å². The molecule has 1 unspecified atom stereocenters. The van der Waals surface area contributed by atoms with E-state index in [4.69, 9.17) is 14.6 Å². The van der Waals surface area contributed by atoms with Crippen LogP contribution in [0.1, 0.15) is 16.8 Å². The number of rotatable bonds is 4. The Bertz CT molecular complexity index is 610. The first-order valence-electron chi connectivity index (χ1n) is 5.95. The first-order valence-corrected chi connectivity index (χ1v) is 7.50. The van der Waals surface area contributed by atoms with Crippen molar-refractivity contribution in [3.05, 3.63) is 29.6 Å². The number of esters is 1. The van der Waals surface area contributed by atoms with Gasteiger partial charge in [0.15, 0.2) is 0 Å². The van der Waals surface area contributed by atoms with Crippen LogP contribution in [0.4, 0.5) is 4.39 Å². The maximum atomic E-state index is 13.3. The normalized spacial score (nSPS) is 19.0. The lowest BCUT2D eigenvalue weighted by molar-refractivity contribution is 0.0428. The van der Waals surface area contributed by atoms with E-state index in [1.54, 1.807) is 0 Å². The van der Waals surface area contributed by atoms with Crippen LogP contribution >= 0.6 is 0 Å². The van der Waals surface area contributed by atoms with E-state index < -0.39 is 26.7 Å². The van der Waals surface area contributed by atoms with Gasteiger partial charge in [0.1, 0.15) is 10.7 Å².